The van der Waals surface area contributed by atoms with Gasteiger partial charge in [-0.3, -0.25) is 9.59 Å². The lowest BCUT2D eigenvalue weighted by molar-refractivity contribution is -0.145. The predicted molar refractivity (Wildman–Crippen MR) is 124 cm³/mol. The first kappa shape index (κ1) is 22.6. The number of alkyl carbamates (subject to hydrolysis) is 1. The van der Waals surface area contributed by atoms with Gasteiger partial charge in [0, 0.05) is 12.5 Å². The molecule has 0 saturated heterocycles. The van der Waals surface area contributed by atoms with Crippen LogP contribution in [0.5, 0.6) is 0 Å². The third-order valence-corrected chi connectivity index (χ3v) is 6.18. The second-order valence-corrected chi connectivity index (χ2v) is 8.46. The molecule has 7 heteroatoms. The fourth-order valence-electron chi connectivity index (χ4n) is 4.72. The molecular weight excluding hydrogens is 420 g/mol. The van der Waals surface area contributed by atoms with Gasteiger partial charge in [0.2, 0.25) is 5.91 Å². The average molecular weight is 449 g/mol. The van der Waals surface area contributed by atoms with Crippen LogP contribution in [0.15, 0.2) is 60.7 Å². The second-order valence-electron chi connectivity index (χ2n) is 8.46. The second kappa shape index (κ2) is 9.90. The summed E-state index contributed by atoms with van der Waals surface area (Å²) in [6.07, 6.45) is 4.05. The molecule has 0 saturated carbocycles. The van der Waals surface area contributed by atoms with E-state index in [4.69, 9.17) is 9.84 Å². The summed E-state index contributed by atoms with van der Waals surface area (Å²) in [4.78, 5) is 37.6. The molecule has 0 bridgehead atoms. The number of fused-ring (bicyclic) bond motifs is 3. The molecule has 2 aliphatic carbocycles. The Morgan fingerprint density at radius 3 is 2.27 bits per heavy atom. The van der Waals surface area contributed by atoms with E-state index in [1.165, 1.54) is 16.0 Å². The van der Waals surface area contributed by atoms with Crippen LogP contribution in [0, 0.1) is 5.92 Å². The van der Waals surface area contributed by atoms with Crippen molar-refractivity contribution in [3.8, 4) is 11.1 Å². The lowest BCUT2D eigenvalue weighted by Crippen LogP contribution is -2.41. The van der Waals surface area contributed by atoms with Crippen LogP contribution in [-0.4, -0.2) is 53.7 Å². The number of benzene rings is 2. The molecule has 2 aliphatic rings. The summed E-state index contributed by atoms with van der Waals surface area (Å²) in [5.41, 5.74) is 4.63. The molecule has 0 spiro atoms. The summed E-state index contributed by atoms with van der Waals surface area (Å²) >= 11 is 0. The van der Waals surface area contributed by atoms with Crippen LogP contribution in [0.4, 0.5) is 4.79 Å². The molecule has 7 nitrogen and oxygen atoms in total. The fraction of sp³-hybridized carbons (Fsp3) is 0.346. The Morgan fingerprint density at radius 2 is 1.67 bits per heavy atom. The number of rotatable bonds is 8. The minimum Gasteiger partial charge on any atom is -0.480 e. The van der Waals surface area contributed by atoms with Gasteiger partial charge in [0.15, 0.2) is 0 Å². The van der Waals surface area contributed by atoms with E-state index in [2.05, 4.69) is 29.6 Å². The van der Waals surface area contributed by atoms with Crippen LogP contribution in [0.2, 0.25) is 0 Å². The summed E-state index contributed by atoms with van der Waals surface area (Å²) in [6.45, 7) is 2.19. The van der Waals surface area contributed by atoms with E-state index in [0.717, 1.165) is 11.1 Å². The van der Waals surface area contributed by atoms with Crippen molar-refractivity contribution in [2.45, 2.75) is 31.7 Å². The third-order valence-electron chi connectivity index (χ3n) is 6.18. The smallest absolute Gasteiger partial charge is 0.407 e. The Kier molecular flexibility index (Phi) is 6.77. The molecule has 172 valence electrons. The first-order chi connectivity index (χ1) is 16.0. The largest absolute Gasteiger partial charge is 0.480 e. The molecule has 2 atom stereocenters. The van der Waals surface area contributed by atoms with Crippen molar-refractivity contribution in [1.29, 1.82) is 0 Å². The molecule has 2 N–H and O–H groups in total. The van der Waals surface area contributed by atoms with Crippen LogP contribution in [0.1, 0.15) is 36.8 Å². The highest BCUT2D eigenvalue weighted by Crippen LogP contribution is 2.44. The molecule has 0 aromatic heterocycles. The normalized spacial score (nSPS) is 18.5. The number of nitrogens with zero attached hydrogens (tertiary/aromatic N) is 1. The van der Waals surface area contributed by atoms with E-state index in [9.17, 15) is 14.4 Å². The van der Waals surface area contributed by atoms with Gasteiger partial charge >= 0.3 is 12.1 Å². The van der Waals surface area contributed by atoms with E-state index < -0.39 is 18.0 Å². The number of nitrogens with one attached hydrogen (secondary N) is 1. The molecule has 33 heavy (non-hydrogen) atoms. The van der Waals surface area contributed by atoms with E-state index in [0.29, 0.717) is 19.4 Å². The van der Waals surface area contributed by atoms with Crippen LogP contribution in [0.3, 0.4) is 0 Å². The topological polar surface area (TPSA) is 95.9 Å². The maximum Gasteiger partial charge on any atom is 0.407 e. The van der Waals surface area contributed by atoms with Crippen molar-refractivity contribution in [3.63, 3.8) is 0 Å². The van der Waals surface area contributed by atoms with Crippen molar-refractivity contribution in [2.75, 3.05) is 19.7 Å². The minimum atomic E-state index is -1.04. The number of carboxylic acids is 1. The molecule has 2 aromatic rings. The van der Waals surface area contributed by atoms with Crippen LogP contribution in [0.25, 0.3) is 11.1 Å². The lowest BCUT2D eigenvalue weighted by atomic mass is 9.98. The molecule has 0 fully saturated rings. The van der Waals surface area contributed by atoms with Gasteiger partial charge in [-0.15, -0.1) is 0 Å². The van der Waals surface area contributed by atoms with Gasteiger partial charge in [0.1, 0.15) is 13.2 Å². The summed E-state index contributed by atoms with van der Waals surface area (Å²) in [5, 5.41) is 11.9. The van der Waals surface area contributed by atoms with Gasteiger partial charge in [-0.05, 0) is 35.1 Å². The summed E-state index contributed by atoms with van der Waals surface area (Å²) in [5.74, 6) is -1.73. The molecule has 0 heterocycles. The van der Waals surface area contributed by atoms with E-state index >= 15 is 0 Å². The molecule has 0 radical (unpaired) electrons. The number of ether oxygens (including phenoxy) is 1. The van der Waals surface area contributed by atoms with Crippen LogP contribution < -0.4 is 5.32 Å². The Morgan fingerprint density at radius 1 is 1.03 bits per heavy atom. The summed E-state index contributed by atoms with van der Waals surface area (Å²) < 4.78 is 5.58. The maximum absolute atomic E-state index is 12.7. The SMILES string of the molecule is CCCN(CC(=O)O)C(=O)C1C=CC(NC(=O)OCC2c3ccccc3-c3ccccc32)C1. The highest BCUT2D eigenvalue weighted by Gasteiger charge is 2.31. The Balaban J connectivity index is 1.32. The quantitative estimate of drug-likeness (QED) is 0.599. The van der Waals surface area contributed by atoms with Gasteiger partial charge in [-0.1, -0.05) is 67.6 Å². The van der Waals surface area contributed by atoms with Crippen molar-refractivity contribution >= 4 is 18.0 Å². The van der Waals surface area contributed by atoms with Crippen LogP contribution in [-0.2, 0) is 14.3 Å². The van der Waals surface area contributed by atoms with Crippen molar-refractivity contribution in [2.24, 2.45) is 5.92 Å². The highest BCUT2D eigenvalue weighted by atomic mass is 16.5. The average Bonchev–Trinajstić information content (AvgIpc) is 3.39. The Labute approximate surface area is 193 Å². The number of carboxylic acid groups (broad SMARTS) is 1. The summed E-state index contributed by atoms with van der Waals surface area (Å²) in [7, 11) is 0. The van der Waals surface area contributed by atoms with Gasteiger partial charge in [-0.25, -0.2) is 4.79 Å². The third kappa shape index (κ3) is 4.92. The van der Waals surface area contributed by atoms with Crippen molar-refractivity contribution in [3.05, 3.63) is 71.8 Å². The zero-order valence-corrected chi connectivity index (χ0v) is 18.6. The molecule has 2 aromatic carbocycles. The number of amides is 2. The van der Waals surface area contributed by atoms with Crippen molar-refractivity contribution < 1.29 is 24.2 Å². The number of carbonyl (C=O) groups is 3. The predicted octanol–water partition coefficient (Wildman–Crippen LogP) is 3.79. The van der Waals surface area contributed by atoms with Gasteiger partial charge in [-0.2, -0.15) is 0 Å². The number of hydrogen-bond acceptors (Lipinski definition) is 4. The zero-order valence-electron chi connectivity index (χ0n) is 18.6. The molecule has 2 amide bonds. The Bertz CT molecular complexity index is 1030. The van der Waals surface area contributed by atoms with Gasteiger partial charge < -0.3 is 20.1 Å². The fourth-order valence-corrected chi connectivity index (χ4v) is 4.72. The first-order valence-electron chi connectivity index (χ1n) is 11.3. The number of hydrogen-bond donors (Lipinski definition) is 2. The van der Waals surface area contributed by atoms with E-state index in [1.54, 1.807) is 12.2 Å². The molecule has 2 unspecified atom stereocenters. The van der Waals surface area contributed by atoms with Gasteiger partial charge in [0.05, 0.1) is 12.0 Å². The standard InChI is InChI=1S/C26H28N2O5/c1-2-13-28(15-24(29)30)25(31)17-11-12-18(14-17)27-26(32)33-16-23-21-9-5-3-7-19(21)20-8-4-6-10-22(20)23/h3-12,17-18,23H,2,13-16H2,1H3,(H,27,32)(H,29,30). The molecule has 4 rings (SSSR count). The number of aliphatic carboxylic acids is 1. The first-order valence-corrected chi connectivity index (χ1v) is 11.3. The molecule has 0 aliphatic heterocycles. The highest BCUT2D eigenvalue weighted by molar-refractivity contribution is 5.85. The zero-order chi connectivity index (χ0) is 23.4. The van der Waals surface area contributed by atoms with Gasteiger partial charge in [0.25, 0.3) is 0 Å². The minimum absolute atomic E-state index is 0.0183. The van der Waals surface area contributed by atoms with E-state index in [-0.39, 0.29) is 31.0 Å². The lowest BCUT2D eigenvalue weighted by Gasteiger charge is -2.23. The van der Waals surface area contributed by atoms with E-state index in [1.807, 2.05) is 31.2 Å². The monoisotopic (exact) mass is 448 g/mol. The van der Waals surface area contributed by atoms with Crippen molar-refractivity contribution in [1.82, 2.24) is 10.2 Å². The van der Waals surface area contributed by atoms with Crippen LogP contribution >= 0.6 is 0 Å². The molecular formula is C26H28N2O5. The maximum atomic E-state index is 12.7. The number of carbonyl (C=O) groups excluding carboxylic acids is 2. The Hall–Kier alpha value is -3.61. The summed E-state index contributed by atoms with van der Waals surface area (Å²) in [6, 6.07) is 16.0.